The molecule has 0 saturated carbocycles. The Morgan fingerprint density at radius 3 is 2.37 bits per heavy atom. The number of phenols is 1. The van der Waals surface area contributed by atoms with Crippen molar-refractivity contribution in [1.29, 1.82) is 0 Å². The van der Waals surface area contributed by atoms with Crippen molar-refractivity contribution in [3.8, 4) is 22.9 Å². The third kappa shape index (κ3) is 4.61. The van der Waals surface area contributed by atoms with Crippen molar-refractivity contribution in [3.63, 3.8) is 0 Å². The molecule has 5 rings (SSSR count). The van der Waals surface area contributed by atoms with Gasteiger partial charge < -0.3 is 45.6 Å². The Morgan fingerprint density at radius 1 is 0.951 bits per heavy atom. The van der Waals surface area contributed by atoms with Gasteiger partial charge in [-0.3, -0.25) is 14.6 Å². The highest BCUT2D eigenvalue weighted by molar-refractivity contribution is 7.19. The number of anilines is 1. The summed E-state index contributed by atoms with van der Waals surface area (Å²) in [6.07, 6.45) is 3.94. The van der Waals surface area contributed by atoms with E-state index >= 15 is 4.39 Å². The number of hydrogen-bond acceptors (Lipinski definition) is 15. The summed E-state index contributed by atoms with van der Waals surface area (Å²) in [5.74, 6) is -12.6. The van der Waals surface area contributed by atoms with Gasteiger partial charge in [-0.25, -0.2) is 19.3 Å². The minimum atomic E-state index is -4.01. The molecule has 1 aliphatic heterocycles. The second-order valence-electron chi connectivity index (χ2n) is 9.09. The van der Waals surface area contributed by atoms with E-state index in [1.54, 1.807) is 0 Å². The van der Waals surface area contributed by atoms with E-state index in [0.29, 0.717) is 5.69 Å². The van der Waals surface area contributed by atoms with Crippen LogP contribution in [0.1, 0.15) is 11.3 Å². The number of phenolic OH excluding ortho intramolecular Hbond substituents is 1. The number of ether oxygens (including phenoxy) is 2. The van der Waals surface area contributed by atoms with Crippen LogP contribution in [0.2, 0.25) is 0 Å². The maximum atomic E-state index is 15.2. The van der Waals surface area contributed by atoms with Crippen molar-refractivity contribution >= 4 is 25.8 Å². The molecule has 2 aromatic carbocycles. The topological polar surface area (TPSA) is 235 Å². The zero-order valence-corrected chi connectivity index (χ0v) is 22.1. The third-order valence-corrected chi connectivity index (χ3v) is 7.08. The first-order valence-electron chi connectivity index (χ1n) is 11.6. The summed E-state index contributed by atoms with van der Waals surface area (Å²) in [6.45, 7) is 0. The normalized spacial score (nSPS) is 21.2. The van der Waals surface area contributed by atoms with E-state index in [1.807, 2.05) is 0 Å². The quantitative estimate of drug-likeness (QED) is 0.101. The van der Waals surface area contributed by atoms with Gasteiger partial charge in [0.1, 0.15) is 23.6 Å². The molecule has 0 spiro atoms. The maximum absolute atomic E-state index is 15.2. The molecule has 1 fully saturated rings. The summed E-state index contributed by atoms with van der Waals surface area (Å²) in [5.41, 5.74) is -2.93. The van der Waals surface area contributed by atoms with Crippen LogP contribution in [0, 0.1) is 5.82 Å². The number of nitrogens with zero attached hydrogens (tertiary/aromatic N) is 5. The molecule has 216 valence electrons. The van der Waals surface area contributed by atoms with Crippen LogP contribution in [0.25, 0.3) is 22.2 Å². The number of methoxy groups -OCH3 is 1. The maximum Gasteiger partial charge on any atom is 0.362 e. The Hall–Kier alpha value is -3.70. The largest absolute Gasteiger partial charge is 0.508 e. The number of aliphatic hydroxyl groups is 7. The molecule has 0 bridgehead atoms. The van der Waals surface area contributed by atoms with Crippen LogP contribution < -0.4 is 9.64 Å². The molecule has 0 radical (unpaired) electrons. The highest BCUT2D eigenvalue weighted by atomic mass is 31.0. The lowest BCUT2D eigenvalue weighted by Crippen LogP contribution is -2.82. The average molecular weight is 591 g/mol. The fourth-order valence-electron chi connectivity index (χ4n) is 4.40. The lowest BCUT2D eigenvalue weighted by Gasteiger charge is -2.57. The monoisotopic (exact) mass is 591 g/mol. The summed E-state index contributed by atoms with van der Waals surface area (Å²) >= 11 is 0. The van der Waals surface area contributed by atoms with Gasteiger partial charge in [0, 0.05) is 47.1 Å². The summed E-state index contributed by atoms with van der Waals surface area (Å²) in [5, 5.41) is 82.5. The van der Waals surface area contributed by atoms with Gasteiger partial charge in [0.05, 0.1) is 18.3 Å². The lowest BCUT2D eigenvalue weighted by molar-refractivity contribution is -0.574. The summed E-state index contributed by atoms with van der Waals surface area (Å²) in [6, 6.07) is 5.72. The highest BCUT2D eigenvalue weighted by Gasteiger charge is 2.73. The smallest absolute Gasteiger partial charge is 0.362 e. The second-order valence-corrected chi connectivity index (χ2v) is 9.89. The van der Waals surface area contributed by atoms with E-state index in [0.717, 1.165) is 24.5 Å². The predicted octanol–water partition coefficient (Wildman–Crippen LogP) is -1.20. The van der Waals surface area contributed by atoms with Crippen molar-refractivity contribution in [2.45, 2.75) is 29.7 Å². The number of rotatable bonds is 5. The zero-order chi connectivity index (χ0) is 30.0. The van der Waals surface area contributed by atoms with Crippen LogP contribution in [0.15, 0.2) is 49.1 Å². The standard InChI is InChI=1S/C24H23FN5O10P/c1-39-20-17(26-4-5-27-20)7-11-6-14(15(25)9-18(11)31)19-13-3-2-12(8-16(13)28-10-29-19)30-21(32,33)23(35,36)40-24(37,38)22(30,34)41/h2-6,8-10,31-38H,7,41H2,1H3. The third-order valence-electron chi connectivity index (χ3n) is 6.44. The molecular formula is C24H23FN5O10P. The number of halogens is 1. The molecule has 41 heavy (non-hydrogen) atoms. The minimum absolute atomic E-state index is 0.0168. The Labute approximate surface area is 231 Å². The van der Waals surface area contributed by atoms with Crippen LogP contribution in [-0.2, 0) is 11.2 Å². The molecule has 2 aromatic heterocycles. The van der Waals surface area contributed by atoms with Crippen LogP contribution in [-0.4, -0.2) is 91.2 Å². The van der Waals surface area contributed by atoms with E-state index in [-0.39, 0.29) is 50.7 Å². The molecule has 4 aromatic rings. The molecule has 3 heterocycles. The number of aromatic hydroxyl groups is 1. The Bertz CT molecular complexity index is 1630. The summed E-state index contributed by atoms with van der Waals surface area (Å²) in [7, 11) is 2.91. The molecule has 8 N–H and O–H groups in total. The lowest BCUT2D eigenvalue weighted by atomic mass is 9.99. The van der Waals surface area contributed by atoms with Gasteiger partial charge in [-0.15, -0.1) is 0 Å². The first-order chi connectivity index (χ1) is 19.1. The van der Waals surface area contributed by atoms with Gasteiger partial charge in [0.25, 0.3) is 0 Å². The number of aromatic nitrogens is 4. The fraction of sp³-hybridized carbons (Fsp3) is 0.250. The molecule has 2 atom stereocenters. The SMILES string of the molecule is COc1nccnc1Cc1cc(-c2ncnc3cc(N4C(O)(O)C(O)(O)OC(O)(O)C4(O)P)ccc23)c(F)cc1O. The predicted molar refractivity (Wildman–Crippen MR) is 138 cm³/mol. The van der Waals surface area contributed by atoms with Crippen molar-refractivity contribution in [2.75, 3.05) is 12.0 Å². The average Bonchev–Trinajstić information content (AvgIpc) is 2.88. The fourth-order valence-corrected chi connectivity index (χ4v) is 4.79. The summed E-state index contributed by atoms with van der Waals surface area (Å²) < 4.78 is 24.5. The van der Waals surface area contributed by atoms with Gasteiger partial charge >= 0.3 is 17.9 Å². The van der Waals surface area contributed by atoms with Gasteiger partial charge in [-0.1, -0.05) is 9.24 Å². The van der Waals surface area contributed by atoms with E-state index in [9.17, 15) is 40.9 Å². The number of benzene rings is 2. The highest BCUT2D eigenvalue weighted by Crippen LogP contribution is 2.49. The molecule has 15 nitrogen and oxygen atoms in total. The first-order valence-corrected chi connectivity index (χ1v) is 12.1. The molecule has 2 unspecified atom stereocenters. The van der Waals surface area contributed by atoms with Crippen LogP contribution >= 0.6 is 9.24 Å². The number of morpholine rings is 1. The van der Waals surface area contributed by atoms with Gasteiger partial charge in [-0.05, 0) is 24.3 Å². The Morgan fingerprint density at radius 2 is 1.66 bits per heavy atom. The number of hydrogen-bond donors (Lipinski definition) is 8. The van der Waals surface area contributed by atoms with Gasteiger partial charge in [0.2, 0.25) is 11.3 Å². The minimum Gasteiger partial charge on any atom is -0.508 e. The van der Waals surface area contributed by atoms with E-state index in [1.165, 1.54) is 40.9 Å². The first kappa shape index (κ1) is 28.8. The molecule has 1 aliphatic rings. The van der Waals surface area contributed by atoms with Gasteiger partial charge in [-0.2, -0.15) is 0 Å². The molecule has 0 amide bonds. The molecule has 17 heteroatoms. The van der Waals surface area contributed by atoms with Crippen LogP contribution in [0.4, 0.5) is 10.1 Å². The van der Waals surface area contributed by atoms with Crippen molar-refractivity contribution in [1.82, 2.24) is 19.9 Å². The summed E-state index contributed by atoms with van der Waals surface area (Å²) in [4.78, 5) is 16.5. The van der Waals surface area contributed by atoms with Crippen molar-refractivity contribution in [3.05, 3.63) is 66.1 Å². The van der Waals surface area contributed by atoms with E-state index in [2.05, 4.69) is 24.7 Å². The Kier molecular flexibility index (Phi) is 6.81. The van der Waals surface area contributed by atoms with Crippen LogP contribution in [0.5, 0.6) is 11.6 Å². The van der Waals surface area contributed by atoms with Crippen molar-refractivity contribution in [2.24, 2.45) is 0 Å². The molecular weight excluding hydrogens is 568 g/mol. The van der Waals surface area contributed by atoms with Crippen molar-refractivity contribution < 1.29 is 54.7 Å². The zero-order valence-electron chi connectivity index (χ0n) is 20.9. The molecule has 1 saturated heterocycles. The van der Waals surface area contributed by atoms with E-state index in [4.69, 9.17) is 4.74 Å². The van der Waals surface area contributed by atoms with Crippen LogP contribution in [0.3, 0.4) is 0 Å². The molecule has 0 aliphatic carbocycles. The second kappa shape index (κ2) is 9.70. The van der Waals surface area contributed by atoms with Gasteiger partial charge in [0.15, 0.2) is 0 Å². The number of fused-ring (bicyclic) bond motifs is 1. The Balaban J connectivity index is 1.62. The van der Waals surface area contributed by atoms with E-state index < -0.39 is 34.8 Å².